The number of aliphatic hydroxyl groups is 1. The summed E-state index contributed by atoms with van der Waals surface area (Å²) in [7, 11) is 0. The maximum absolute atomic E-state index is 12.4. The second-order valence-corrected chi connectivity index (χ2v) is 5.82. The van der Waals surface area contributed by atoms with Crippen molar-refractivity contribution in [3.05, 3.63) is 41.6 Å². The Labute approximate surface area is 163 Å². The number of nitrogens with zero attached hydrogens (tertiary/aromatic N) is 2. The van der Waals surface area contributed by atoms with Crippen LogP contribution in [0.1, 0.15) is 27.1 Å². The van der Waals surface area contributed by atoms with Crippen molar-refractivity contribution in [1.82, 2.24) is 15.3 Å². The number of nitrogens with one attached hydrogen (secondary N) is 3. The van der Waals surface area contributed by atoms with Crippen molar-refractivity contribution in [3.63, 3.8) is 0 Å². The fourth-order valence-corrected chi connectivity index (χ4v) is 2.16. The van der Waals surface area contributed by atoms with Gasteiger partial charge in [0.1, 0.15) is 12.4 Å². The number of anilines is 3. The summed E-state index contributed by atoms with van der Waals surface area (Å²) in [5.74, 6) is -1.71. The van der Waals surface area contributed by atoms with E-state index in [4.69, 9.17) is 10.8 Å². The Hall–Kier alpha value is -3.41. The molecule has 2 aromatic rings. The molecule has 2 rings (SSSR count). The molecule has 12 heteroatoms. The van der Waals surface area contributed by atoms with Crippen molar-refractivity contribution in [2.45, 2.75) is 12.6 Å². The molecule has 29 heavy (non-hydrogen) atoms. The lowest BCUT2D eigenvalue weighted by Gasteiger charge is -2.13. The van der Waals surface area contributed by atoms with Crippen LogP contribution >= 0.6 is 0 Å². The van der Waals surface area contributed by atoms with E-state index in [0.29, 0.717) is 24.2 Å². The number of rotatable bonds is 9. The van der Waals surface area contributed by atoms with E-state index in [2.05, 4.69) is 20.6 Å². The minimum absolute atomic E-state index is 0.0303. The number of carbonyl (C=O) groups excluding carboxylic acids is 2. The highest BCUT2D eigenvalue weighted by Gasteiger charge is 2.28. The van der Waals surface area contributed by atoms with E-state index in [1.165, 1.54) is 12.1 Å². The number of hydrogen-bond donors (Lipinski definition) is 5. The van der Waals surface area contributed by atoms with Gasteiger partial charge in [0.05, 0.1) is 5.56 Å². The Morgan fingerprint density at radius 2 is 1.86 bits per heavy atom. The highest BCUT2D eigenvalue weighted by Crippen LogP contribution is 2.20. The van der Waals surface area contributed by atoms with Gasteiger partial charge in [0, 0.05) is 30.6 Å². The standard InChI is InChI=1S/C17H19F3N6O3/c18-17(19,20)9-24-14-12(13(21)28)8-23-16(26-14)25-11-4-2-10(3-5-11)15(29)22-6-1-7-27/h2-5,8,27H,1,6-7,9H2,(H2,21,28)(H,22,29)(H2,23,24,25,26). The second-order valence-electron chi connectivity index (χ2n) is 5.82. The first-order chi connectivity index (χ1) is 13.7. The molecule has 0 atom stereocenters. The molecule has 0 bridgehead atoms. The fraction of sp³-hybridized carbons (Fsp3) is 0.294. The molecule has 0 saturated carbocycles. The SMILES string of the molecule is NC(=O)c1cnc(Nc2ccc(C(=O)NCCCO)cc2)nc1NCC(F)(F)F. The second kappa shape index (κ2) is 9.68. The van der Waals surface area contributed by atoms with Crippen molar-refractivity contribution in [2.24, 2.45) is 5.73 Å². The Balaban J connectivity index is 2.10. The lowest BCUT2D eigenvalue weighted by atomic mass is 10.2. The number of alkyl halides is 3. The fourth-order valence-electron chi connectivity index (χ4n) is 2.16. The smallest absolute Gasteiger partial charge is 0.396 e. The number of primary amides is 1. The van der Waals surface area contributed by atoms with Gasteiger partial charge < -0.3 is 26.8 Å². The van der Waals surface area contributed by atoms with Crippen molar-refractivity contribution in [3.8, 4) is 0 Å². The third kappa shape index (κ3) is 6.92. The van der Waals surface area contributed by atoms with Crippen LogP contribution in [-0.4, -0.2) is 52.8 Å². The Morgan fingerprint density at radius 3 is 2.45 bits per heavy atom. The Morgan fingerprint density at radius 1 is 1.17 bits per heavy atom. The molecule has 0 aliphatic rings. The number of amides is 2. The molecule has 6 N–H and O–H groups in total. The van der Waals surface area contributed by atoms with Crippen LogP contribution in [0.15, 0.2) is 30.5 Å². The quantitative estimate of drug-likeness (QED) is 0.392. The first-order valence-electron chi connectivity index (χ1n) is 8.43. The van der Waals surface area contributed by atoms with Crippen LogP contribution < -0.4 is 21.7 Å². The number of aromatic nitrogens is 2. The summed E-state index contributed by atoms with van der Waals surface area (Å²) in [6.45, 7) is -1.09. The molecule has 0 radical (unpaired) electrons. The number of carbonyl (C=O) groups is 2. The van der Waals surface area contributed by atoms with Crippen LogP contribution in [0.25, 0.3) is 0 Å². The third-order valence-electron chi connectivity index (χ3n) is 3.53. The van der Waals surface area contributed by atoms with Gasteiger partial charge in [-0.15, -0.1) is 0 Å². The summed E-state index contributed by atoms with van der Waals surface area (Å²) in [6, 6.07) is 6.15. The van der Waals surface area contributed by atoms with Crippen LogP contribution in [-0.2, 0) is 0 Å². The molecular weight excluding hydrogens is 393 g/mol. The van der Waals surface area contributed by atoms with Crippen molar-refractivity contribution in [2.75, 3.05) is 30.3 Å². The van der Waals surface area contributed by atoms with Crippen LogP contribution in [0.4, 0.5) is 30.6 Å². The minimum Gasteiger partial charge on any atom is -0.396 e. The topological polar surface area (TPSA) is 142 Å². The van der Waals surface area contributed by atoms with Gasteiger partial charge in [-0.3, -0.25) is 9.59 Å². The third-order valence-corrected chi connectivity index (χ3v) is 3.53. The summed E-state index contributed by atoms with van der Waals surface area (Å²) >= 11 is 0. The minimum atomic E-state index is -4.51. The molecule has 0 saturated heterocycles. The van der Waals surface area contributed by atoms with Gasteiger partial charge >= 0.3 is 6.18 Å². The van der Waals surface area contributed by atoms with Crippen LogP contribution in [0.2, 0.25) is 0 Å². The predicted molar refractivity (Wildman–Crippen MR) is 98.9 cm³/mol. The van der Waals surface area contributed by atoms with Gasteiger partial charge in [-0.2, -0.15) is 18.2 Å². The van der Waals surface area contributed by atoms with Crippen molar-refractivity contribution >= 4 is 29.3 Å². The van der Waals surface area contributed by atoms with E-state index in [1.54, 1.807) is 12.1 Å². The zero-order valence-electron chi connectivity index (χ0n) is 15.1. The van der Waals surface area contributed by atoms with Gasteiger partial charge in [-0.05, 0) is 30.7 Å². The Kier molecular flexibility index (Phi) is 7.31. The van der Waals surface area contributed by atoms with Gasteiger partial charge in [0.15, 0.2) is 0 Å². The van der Waals surface area contributed by atoms with Gasteiger partial charge in [-0.1, -0.05) is 0 Å². The lowest BCUT2D eigenvalue weighted by molar-refractivity contribution is -0.115. The first kappa shape index (κ1) is 21.9. The summed E-state index contributed by atoms with van der Waals surface area (Å²) in [4.78, 5) is 31.0. The molecule has 2 amide bonds. The zero-order chi connectivity index (χ0) is 21.4. The van der Waals surface area contributed by atoms with Gasteiger partial charge in [-0.25, -0.2) is 4.98 Å². The molecule has 1 heterocycles. The van der Waals surface area contributed by atoms with E-state index >= 15 is 0 Å². The first-order valence-corrected chi connectivity index (χ1v) is 8.43. The number of aliphatic hydroxyl groups excluding tert-OH is 1. The van der Waals surface area contributed by atoms with Crippen LogP contribution in [0, 0.1) is 0 Å². The summed E-state index contributed by atoms with van der Waals surface area (Å²) in [6.07, 6.45) is -3.06. The van der Waals surface area contributed by atoms with Crippen LogP contribution in [0.3, 0.4) is 0 Å². The average Bonchev–Trinajstić information content (AvgIpc) is 2.66. The number of hydrogen-bond acceptors (Lipinski definition) is 7. The van der Waals surface area contributed by atoms with Crippen LogP contribution in [0.5, 0.6) is 0 Å². The number of nitrogens with two attached hydrogens (primary N) is 1. The average molecular weight is 412 g/mol. The van der Waals surface area contributed by atoms with Crippen molar-refractivity contribution < 1.29 is 27.9 Å². The Bertz CT molecular complexity index is 858. The molecule has 0 unspecified atom stereocenters. The van der Waals surface area contributed by atoms with E-state index < -0.39 is 18.6 Å². The molecule has 0 spiro atoms. The predicted octanol–water partition coefficient (Wildman–Crippen LogP) is 1.41. The van der Waals surface area contributed by atoms with E-state index in [9.17, 15) is 22.8 Å². The number of halogens is 3. The maximum Gasteiger partial charge on any atom is 0.405 e. The van der Waals surface area contributed by atoms with E-state index in [1.807, 2.05) is 5.32 Å². The molecule has 0 fully saturated rings. The van der Waals surface area contributed by atoms with E-state index in [0.717, 1.165) is 6.20 Å². The molecule has 1 aromatic carbocycles. The molecule has 0 aliphatic carbocycles. The molecule has 1 aromatic heterocycles. The maximum atomic E-state index is 12.4. The molecule has 156 valence electrons. The molecule has 0 aliphatic heterocycles. The van der Waals surface area contributed by atoms with E-state index in [-0.39, 0.29) is 29.8 Å². The summed E-state index contributed by atoms with van der Waals surface area (Å²) in [5, 5.41) is 16.1. The van der Waals surface area contributed by atoms with Gasteiger partial charge in [0.2, 0.25) is 5.95 Å². The van der Waals surface area contributed by atoms with Gasteiger partial charge in [0.25, 0.3) is 11.8 Å². The highest BCUT2D eigenvalue weighted by molar-refractivity contribution is 5.97. The number of benzene rings is 1. The molecular formula is C17H19F3N6O3. The summed E-state index contributed by atoms with van der Waals surface area (Å²) < 4.78 is 37.3. The summed E-state index contributed by atoms with van der Waals surface area (Å²) in [5.41, 5.74) is 5.69. The molecule has 9 nitrogen and oxygen atoms in total. The van der Waals surface area contributed by atoms with Crippen molar-refractivity contribution in [1.29, 1.82) is 0 Å². The monoisotopic (exact) mass is 412 g/mol. The zero-order valence-corrected chi connectivity index (χ0v) is 15.1. The largest absolute Gasteiger partial charge is 0.405 e. The highest BCUT2D eigenvalue weighted by atomic mass is 19.4. The lowest BCUT2D eigenvalue weighted by Crippen LogP contribution is -2.25. The normalized spacial score (nSPS) is 11.0.